The van der Waals surface area contributed by atoms with Crippen molar-refractivity contribution in [1.29, 1.82) is 0 Å². The van der Waals surface area contributed by atoms with Crippen LogP contribution in [0.4, 0.5) is 0 Å². The molecule has 0 bridgehead atoms. The van der Waals surface area contributed by atoms with E-state index in [1.54, 1.807) is 24.3 Å². The standard InChI is InChI=1S/C25H26N2O5S/c28-25(22-8-6-21(7-9-22)20-4-2-1-3-5-20)26-14-17-32-23-10-12-24(13-11-23)33(29,30)27-15-18-31-19-16-27/h1-13H,14-19H2,(H,26,28). The molecule has 1 aliphatic heterocycles. The first-order valence-corrected chi connectivity index (χ1v) is 12.2. The minimum atomic E-state index is -3.53. The number of morpholine rings is 1. The van der Waals surface area contributed by atoms with Crippen LogP contribution in [0.25, 0.3) is 11.1 Å². The monoisotopic (exact) mass is 466 g/mol. The number of hydrogen-bond acceptors (Lipinski definition) is 5. The molecule has 0 spiro atoms. The third-order valence-corrected chi connectivity index (χ3v) is 7.25. The molecule has 33 heavy (non-hydrogen) atoms. The lowest BCUT2D eigenvalue weighted by Crippen LogP contribution is -2.40. The van der Waals surface area contributed by atoms with Crippen molar-refractivity contribution in [3.63, 3.8) is 0 Å². The molecule has 8 heteroatoms. The molecular formula is C25H26N2O5S. The Morgan fingerprint density at radius 1 is 0.879 bits per heavy atom. The Labute approximate surface area is 194 Å². The van der Waals surface area contributed by atoms with Gasteiger partial charge in [0.15, 0.2) is 0 Å². The maximum absolute atomic E-state index is 12.7. The van der Waals surface area contributed by atoms with Crippen molar-refractivity contribution in [2.45, 2.75) is 4.90 Å². The Bertz CT molecular complexity index is 1160. The van der Waals surface area contributed by atoms with Crippen LogP contribution in [0.1, 0.15) is 10.4 Å². The van der Waals surface area contributed by atoms with E-state index in [2.05, 4.69) is 5.32 Å². The van der Waals surface area contributed by atoms with Gasteiger partial charge in [0.1, 0.15) is 12.4 Å². The molecule has 1 fully saturated rings. The van der Waals surface area contributed by atoms with Crippen molar-refractivity contribution < 1.29 is 22.7 Å². The molecule has 1 amide bonds. The summed E-state index contributed by atoms with van der Waals surface area (Å²) in [5.41, 5.74) is 2.73. The Kier molecular flexibility index (Phi) is 7.39. The second kappa shape index (κ2) is 10.6. The van der Waals surface area contributed by atoms with Gasteiger partial charge in [-0.2, -0.15) is 4.31 Å². The zero-order valence-electron chi connectivity index (χ0n) is 18.1. The zero-order chi connectivity index (χ0) is 23.1. The first kappa shape index (κ1) is 23.0. The smallest absolute Gasteiger partial charge is 0.251 e. The summed E-state index contributed by atoms with van der Waals surface area (Å²) in [6.07, 6.45) is 0. The van der Waals surface area contributed by atoms with Gasteiger partial charge in [0.25, 0.3) is 5.91 Å². The summed E-state index contributed by atoms with van der Waals surface area (Å²) in [5.74, 6) is 0.363. The molecule has 0 aliphatic carbocycles. The number of nitrogens with zero attached hydrogens (tertiary/aromatic N) is 1. The summed E-state index contributed by atoms with van der Waals surface area (Å²) >= 11 is 0. The number of amides is 1. The summed E-state index contributed by atoms with van der Waals surface area (Å²) in [5, 5.41) is 2.83. The lowest BCUT2D eigenvalue weighted by atomic mass is 10.0. The number of rotatable bonds is 8. The molecule has 0 atom stereocenters. The van der Waals surface area contributed by atoms with Crippen molar-refractivity contribution in [1.82, 2.24) is 9.62 Å². The SMILES string of the molecule is O=C(NCCOc1ccc(S(=O)(=O)N2CCOCC2)cc1)c1ccc(-c2ccccc2)cc1. The van der Waals surface area contributed by atoms with E-state index in [0.717, 1.165) is 11.1 Å². The normalized spacial score (nSPS) is 14.5. The fourth-order valence-corrected chi connectivity index (χ4v) is 4.93. The van der Waals surface area contributed by atoms with Crippen LogP contribution in [-0.4, -0.2) is 58.1 Å². The first-order valence-electron chi connectivity index (χ1n) is 10.8. The number of carbonyl (C=O) groups is 1. The molecule has 0 radical (unpaired) electrons. The second-order valence-corrected chi connectivity index (χ2v) is 9.47. The fraction of sp³-hybridized carbons (Fsp3) is 0.240. The number of ether oxygens (including phenoxy) is 2. The van der Waals surface area contributed by atoms with Crippen molar-refractivity contribution in [2.75, 3.05) is 39.5 Å². The highest BCUT2D eigenvalue weighted by atomic mass is 32.2. The van der Waals surface area contributed by atoms with Crippen molar-refractivity contribution in [3.8, 4) is 16.9 Å². The number of benzene rings is 3. The predicted molar refractivity (Wildman–Crippen MR) is 126 cm³/mol. The fourth-order valence-electron chi connectivity index (χ4n) is 3.52. The number of nitrogens with one attached hydrogen (secondary N) is 1. The van der Waals surface area contributed by atoms with Gasteiger partial charge in [-0.3, -0.25) is 4.79 Å². The quantitative estimate of drug-likeness (QED) is 0.516. The molecule has 1 saturated heterocycles. The highest BCUT2D eigenvalue weighted by molar-refractivity contribution is 7.89. The summed E-state index contributed by atoms with van der Waals surface area (Å²) in [6.45, 7) is 2.12. The molecule has 172 valence electrons. The van der Waals surface area contributed by atoms with E-state index in [4.69, 9.17) is 9.47 Å². The number of hydrogen-bond donors (Lipinski definition) is 1. The summed E-state index contributed by atoms with van der Waals surface area (Å²) in [6, 6.07) is 23.7. The lowest BCUT2D eigenvalue weighted by Gasteiger charge is -2.26. The maximum Gasteiger partial charge on any atom is 0.251 e. The first-order chi connectivity index (χ1) is 16.0. The number of carbonyl (C=O) groups excluding carboxylic acids is 1. The molecule has 1 N–H and O–H groups in total. The third kappa shape index (κ3) is 5.78. The highest BCUT2D eigenvalue weighted by Crippen LogP contribution is 2.21. The van der Waals surface area contributed by atoms with E-state index < -0.39 is 10.0 Å². The van der Waals surface area contributed by atoms with Gasteiger partial charge in [-0.1, -0.05) is 42.5 Å². The van der Waals surface area contributed by atoms with Crippen LogP contribution < -0.4 is 10.1 Å². The van der Waals surface area contributed by atoms with E-state index in [0.29, 0.717) is 44.2 Å². The lowest BCUT2D eigenvalue weighted by molar-refractivity contribution is 0.0730. The van der Waals surface area contributed by atoms with Gasteiger partial charge in [-0.05, 0) is 47.5 Å². The van der Waals surface area contributed by atoms with Crippen LogP contribution in [0.2, 0.25) is 0 Å². The Hall–Kier alpha value is -3.20. The van der Waals surface area contributed by atoms with E-state index >= 15 is 0 Å². The van der Waals surface area contributed by atoms with Crippen molar-refractivity contribution >= 4 is 15.9 Å². The van der Waals surface area contributed by atoms with Crippen LogP contribution >= 0.6 is 0 Å². The largest absolute Gasteiger partial charge is 0.492 e. The van der Waals surface area contributed by atoms with Crippen LogP contribution in [0.5, 0.6) is 5.75 Å². The van der Waals surface area contributed by atoms with E-state index in [1.807, 2.05) is 42.5 Å². The average molecular weight is 467 g/mol. The molecule has 4 rings (SSSR count). The number of sulfonamides is 1. The Morgan fingerprint density at radius 2 is 1.52 bits per heavy atom. The van der Waals surface area contributed by atoms with E-state index in [1.165, 1.54) is 16.4 Å². The van der Waals surface area contributed by atoms with E-state index in [-0.39, 0.29) is 17.4 Å². The van der Waals surface area contributed by atoms with Gasteiger partial charge < -0.3 is 14.8 Å². The average Bonchev–Trinajstić information content (AvgIpc) is 2.88. The Balaban J connectivity index is 1.24. The van der Waals surface area contributed by atoms with Crippen molar-refractivity contribution in [3.05, 3.63) is 84.4 Å². The predicted octanol–water partition coefficient (Wildman–Crippen LogP) is 3.18. The van der Waals surface area contributed by atoms with Gasteiger partial charge in [0.05, 0.1) is 24.7 Å². The molecule has 3 aromatic carbocycles. The van der Waals surface area contributed by atoms with Crippen molar-refractivity contribution in [2.24, 2.45) is 0 Å². The van der Waals surface area contributed by atoms with Gasteiger partial charge in [0.2, 0.25) is 10.0 Å². The molecule has 0 saturated carbocycles. The van der Waals surface area contributed by atoms with Gasteiger partial charge in [0, 0.05) is 18.7 Å². The minimum Gasteiger partial charge on any atom is -0.492 e. The van der Waals surface area contributed by atoms with Crippen LogP contribution in [0, 0.1) is 0 Å². The minimum absolute atomic E-state index is 0.176. The molecule has 1 aliphatic rings. The van der Waals surface area contributed by atoms with E-state index in [9.17, 15) is 13.2 Å². The summed E-state index contributed by atoms with van der Waals surface area (Å²) < 4.78 is 37.6. The van der Waals surface area contributed by atoms with Gasteiger partial charge >= 0.3 is 0 Å². The summed E-state index contributed by atoms with van der Waals surface area (Å²) in [4.78, 5) is 12.6. The molecule has 3 aromatic rings. The van der Waals surface area contributed by atoms with Crippen LogP contribution in [0.15, 0.2) is 83.8 Å². The Morgan fingerprint density at radius 3 is 2.18 bits per heavy atom. The second-order valence-electron chi connectivity index (χ2n) is 7.54. The summed E-state index contributed by atoms with van der Waals surface area (Å²) in [7, 11) is -3.53. The molecule has 7 nitrogen and oxygen atoms in total. The van der Waals surface area contributed by atoms with Crippen LogP contribution in [0.3, 0.4) is 0 Å². The topological polar surface area (TPSA) is 84.9 Å². The van der Waals surface area contributed by atoms with Crippen LogP contribution in [-0.2, 0) is 14.8 Å². The molecule has 1 heterocycles. The zero-order valence-corrected chi connectivity index (χ0v) is 19.0. The maximum atomic E-state index is 12.7. The molecular weight excluding hydrogens is 440 g/mol. The highest BCUT2D eigenvalue weighted by Gasteiger charge is 2.26. The molecule has 0 unspecified atom stereocenters. The van der Waals surface area contributed by atoms with Gasteiger partial charge in [-0.15, -0.1) is 0 Å². The van der Waals surface area contributed by atoms with Gasteiger partial charge in [-0.25, -0.2) is 8.42 Å². The third-order valence-electron chi connectivity index (χ3n) is 5.34. The molecule has 0 aromatic heterocycles.